The summed E-state index contributed by atoms with van der Waals surface area (Å²) < 4.78 is 26.6. The molecule has 0 saturated heterocycles. The molecule has 0 unspecified atom stereocenters. The fourth-order valence-corrected chi connectivity index (χ4v) is 0.215. The Balaban J connectivity index is -0.000000193. The molecule has 17 heteroatoms. The van der Waals surface area contributed by atoms with Gasteiger partial charge in [-0.3, -0.25) is 0 Å². The molecule has 0 aliphatic heterocycles. The summed E-state index contributed by atoms with van der Waals surface area (Å²) in [4.78, 5) is 71.1. The zero-order valence-corrected chi connectivity index (χ0v) is 12.0. The van der Waals surface area contributed by atoms with Crippen molar-refractivity contribution in [2.24, 2.45) is 0 Å². The largest absolute Gasteiger partial charge is 0.466 e. The first-order valence-electron chi connectivity index (χ1n) is 3.77. The fourth-order valence-electron chi connectivity index (χ4n) is 0.215. The van der Waals surface area contributed by atoms with Gasteiger partial charge in [0.15, 0.2) is 0 Å². The van der Waals surface area contributed by atoms with Crippen LogP contribution in [0.1, 0.15) is 0 Å². The summed E-state index contributed by atoms with van der Waals surface area (Å²) in [5, 5.41) is 0. The van der Waals surface area contributed by atoms with Crippen molar-refractivity contribution in [3.05, 3.63) is 18.7 Å². The first-order chi connectivity index (χ1) is 8.50. The van der Waals surface area contributed by atoms with E-state index in [0.717, 1.165) is 0 Å². The van der Waals surface area contributed by atoms with Gasteiger partial charge in [-0.1, -0.05) is 0 Å². The summed E-state index contributed by atoms with van der Waals surface area (Å²) in [6.45, 7) is 0. The lowest BCUT2D eigenvalue weighted by Crippen LogP contribution is -1.66. The van der Waals surface area contributed by atoms with E-state index in [1.54, 1.807) is 18.7 Å². The van der Waals surface area contributed by atoms with Gasteiger partial charge in [0, 0.05) is 12.4 Å². The smallest absolute Gasteiger partial charge is 0.351 e. The predicted octanol–water partition coefficient (Wildman–Crippen LogP) is -2.38. The van der Waals surface area contributed by atoms with E-state index >= 15 is 0 Å². The Morgan fingerprint density at radius 3 is 1.00 bits per heavy atom. The Morgan fingerprint density at radius 2 is 0.950 bits per heavy atom. The van der Waals surface area contributed by atoms with E-state index < -0.39 is 23.5 Å². The fraction of sp³-hybridized carbons (Fsp3) is 0. The maximum absolute atomic E-state index is 8.88. The second kappa shape index (κ2) is 11.2. The standard InChI is InChI=1S/C3H4N2.3H3O4P/c1-2-5-3-4-1;3*1-5(2,3)4/h1-3H,(H,4,5);3*(H3,1,2,3,4). The van der Waals surface area contributed by atoms with E-state index in [4.69, 9.17) is 57.7 Å². The van der Waals surface area contributed by atoms with Gasteiger partial charge in [0.2, 0.25) is 0 Å². The first kappa shape index (κ1) is 24.6. The molecule has 10 N–H and O–H groups in total. The van der Waals surface area contributed by atoms with Crippen molar-refractivity contribution in [1.29, 1.82) is 0 Å². The molecular weight excluding hydrogens is 349 g/mol. The number of H-pyrrole nitrogens is 1. The molecule has 122 valence electrons. The third kappa shape index (κ3) is 233. The molecule has 0 spiro atoms. The van der Waals surface area contributed by atoms with Crippen molar-refractivity contribution >= 4 is 23.5 Å². The molecule has 1 rings (SSSR count). The van der Waals surface area contributed by atoms with Crippen LogP contribution in [0.5, 0.6) is 0 Å². The number of rotatable bonds is 0. The lowest BCUT2D eigenvalue weighted by atomic mass is 11.0. The summed E-state index contributed by atoms with van der Waals surface area (Å²) in [6.07, 6.45) is 5.08. The summed E-state index contributed by atoms with van der Waals surface area (Å²) in [6, 6.07) is 0. The van der Waals surface area contributed by atoms with Gasteiger partial charge in [-0.15, -0.1) is 0 Å². The van der Waals surface area contributed by atoms with Crippen molar-refractivity contribution in [2.45, 2.75) is 0 Å². The number of nitrogens with one attached hydrogen (secondary N) is 1. The summed E-state index contributed by atoms with van der Waals surface area (Å²) in [5.74, 6) is 0. The zero-order chi connectivity index (χ0) is 17.0. The number of nitrogens with zero attached hydrogens (tertiary/aromatic N) is 1. The molecule has 0 amide bonds. The van der Waals surface area contributed by atoms with E-state index in [2.05, 4.69) is 9.97 Å². The molecular formula is C3H13N2O12P3. The molecule has 0 aliphatic carbocycles. The van der Waals surface area contributed by atoms with Gasteiger partial charge in [-0.2, -0.15) is 0 Å². The summed E-state index contributed by atoms with van der Waals surface area (Å²) in [7, 11) is -13.9. The van der Waals surface area contributed by atoms with Gasteiger partial charge in [-0.25, -0.2) is 18.7 Å². The molecule has 0 fully saturated rings. The first-order valence-corrected chi connectivity index (χ1v) is 8.47. The lowest BCUT2D eigenvalue weighted by Gasteiger charge is -1.82. The van der Waals surface area contributed by atoms with E-state index in [-0.39, 0.29) is 0 Å². The Morgan fingerprint density at radius 1 is 0.700 bits per heavy atom. The molecule has 0 aliphatic rings. The van der Waals surface area contributed by atoms with Crippen molar-refractivity contribution in [1.82, 2.24) is 9.97 Å². The molecule has 0 bridgehead atoms. The second-order valence-electron chi connectivity index (χ2n) is 2.30. The monoisotopic (exact) mass is 362 g/mol. The Bertz CT molecular complexity index is 351. The lowest BCUT2D eigenvalue weighted by molar-refractivity contribution is 0.272. The van der Waals surface area contributed by atoms with Crippen LogP contribution in [-0.4, -0.2) is 54.0 Å². The van der Waals surface area contributed by atoms with Crippen LogP contribution in [0.25, 0.3) is 0 Å². The van der Waals surface area contributed by atoms with Crippen LogP contribution >= 0.6 is 23.5 Å². The average Bonchev–Trinajstić information content (AvgIpc) is 2.45. The highest BCUT2D eigenvalue weighted by Crippen LogP contribution is 2.26. The highest BCUT2D eigenvalue weighted by molar-refractivity contribution is 7.45. The Hall–Kier alpha value is -0.460. The normalized spacial score (nSPS) is 10.8. The van der Waals surface area contributed by atoms with E-state index in [9.17, 15) is 0 Å². The van der Waals surface area contributed by atoms with E-state index in [0.29, 0.717) is 0 Å². The minimum absolute atomic E-state index is 1.62. The molecule has 0 aromatic carbocycles. The van der Waals surface area contributed by atoms with Crippen molar-refractivity contribution in [3.8, 4) is 0 Å². The van der Waals surface area contributed by atoms with Gasteiger partial charge in [0.05, 0.1) is 6.33 Å². The van der Waals surface area contributed by atoms with Gasteiger partial charge < -0.3 is 49.0 Å². The molecule has 1 heterocycles. The molecule has 1 aromatic rings. The Labute approximate surface area is 111 Å². The van der Waals surface area contributed by atoms with Gasteiger partial charge >= 0.3 is 23.5 Å². The molecule has 14 nitrogen and oxygen atoms in total. The van der Waals surface area contributed by atoms with E-state index in [1.807, 2.05) is 0 Å². The van der Waals surface area contributed by atoms with Crippen LogP contribution in [-0.2, 0) is 13.7 Å². The SMILES string of the molecule is O=P(O)(O)O.O=P(O)(O)O.O=P(O)(O)O.c1c[nH]cn1. The number of phosphoric acid groups is 3. The molecule has 20 heavy (non-hydrogen) atoms. The maximum Gasteiger partial charge on any atom is 0.466 e. The van der Waals surface area contributed by atoms with Crippen LogP contribution in [0.4, 0.5) is 0 Å². The van der Waals surface area contributed by atoms with Crippen LogP contribution in [0.15, 0.2) is 18.7 Å². The van der Waals surface area contributed by atoms with Gasteiger partial charge in [-0.05, 0) is 0 Å². The molecule has 0 saturated carbocycles. The van der Waals surface area contributed by atoms with Gasteiger partial charge in [0.1, 0.15) is 0 Å². The van der Waals surface area contributed by atoms with Gasteiger partial charge in [0.25, 0.3) is 0 Å². The topological polar surface area (TPSA) is 262 Å². The predicted molar refractivity (Wildman–Crippen MR) is 61.4 cm³/mol. The van der Waals surface area contributed by atoms with E-state index in [1.165, 1.54) is 0 Å². The second-order valence-corrected chi connectivity index (χ2v) is 5.38. The third-order valence-electron chi connectivity index (χ3n) is 0.406. The van der Waals surface area contributed by atoms with Crippen molar-refractivity contribution in [2.75, 3.05) is 0 Å². The highest BCUT2D eigenvalue weighted by atomic mass is 31.2. The van der Waals surface area contributed by atoms with Crippen LogP contribution in [0.3, 0.4) is 0 Å². The quantitative estimate of drug-likeness (QED) is 0.216. The number of aromatic amines is 1. The summed E-state index contributed by atoms with van der Waals surface area (Å²) in [5.41, 5.74) is 0. The maximum atomic E-state index is 8.88. The van der Waals surface area contributed by atoms with Crippen LogP contribution in [0, 0.1) is 0 Å². The highest BCUT2D eigenvalue weighted by Gasteiger charge is 2.01. The summed E-state index contributed by atoms with van der Waals surface area (Å²) >= 11 is 0. The average molecular weight is 362 g/mol. The molecule has 1 aromatic heterocycles. The minimum Gasteiger partial charge on any atom is -0.351 e. The number of hydrogen-bond donors (Lipinski definition) is 10. The van der Waals surface area contributed by atoms with Crippen molar-refractivity contribution < 1.29 is 57.7 Å². The Kier molecular flexibility index (Phi) is 13.8. The molecule has 0 atom stereocenters. The van der Waals surface area contributed by atoms with Crippen molar-refractivity contribution in [3.63, 3.8) is 0 Å². The minimum atomic E-state index is -4.64. The third-order valence-corrected chi connectivity index (χ3v) is 0.406. The van der Waals surface area contributed by atoms with Crippen LogP contribution in [0.2, 0.25) is 0 Å². The molecule has 0 radical (unpaired) electrons. The number of aromatic nitrogens is 2. The zero-order valence-electron chi connectivity index (χ0n) is 9.27. The number of hydrogen-bond acceptors (Lipinski definition) is 4. The van der Waals surface area contributed by atoms with Crippen LogP contribution < -0.4 is 0 Å². The number of imidazole rings is 1.